The normalized spacial score (nSPS) is 17.9. The van der Waals surface area contributed by atoms with Crippen molar-refractivity contribution in [3.63, 3.8) is 0 Å². The second-order valence-electron chi connectivity index (χ2n) is 4.54. The van der Waals surface area contributed by atoms with Crippen LogP contribution in [-0.4, -0.2) is 42.9 Å². The number of nitrogens with zero attached hydrogens (tertiary/aromatic N) is 1. The Morgan fingerprint density at radius 3 is 2.60 bits per heavy atom. The van der Waals surface area contributed by atoms with E-state index in [1.165, 1.54) is 0 Å². The molecule has 0 aromatic heterocycles. The van der Waals surface area contributed by atoms with Crippen molar-refractivity contribution in [1.29, 1.82) is 0 Å². The van der Waals surface area contributed by atoms with Crippen molar-refractivity contribution in [1.82, 2.24) is 10.2 Å². The number of hydrogen-bond acceptors (Lipinski definition) is 2. The van der Waals surface area contributed by atoms with Crippen LogP contribution in [0.1, 0.15) is 26.7 Å². The van der Waals surface area contributed by atoms with Gasteiger partial charge in [0.05, 0.1) is 0 Å². The third kappa shape index (κ3) is 4.80. The van der Waals surface area contributed by atoms with Gasteiger partial charge in [-0.25, -0.2) is 0 Å². The first-order chi connectivity index (χ1) is 7.09. The van der Waals surface area contributed by atoms with Gasteiger partial charge in [0.25, 0.3) is 0 Å². The van der Waals surface area contributed by atoms with Gasteiger partial charge >= 0.3 is 0 Å². The van der Waals surface area contributed by atoms with E-state index >= 15 is 0 Å². The number of thiocarbonyl (C=S) groups is 1. The third-order valence-corrected chi connectivity index (χ3v) is 3.06. The molecule has 0 bridgehead atoms. The van der Waals surface area contributed by atoms with Crippen LogP contribution in [0.15, 0.2) is 0 Å². The van der Waals surface area contributed by atoms with Gasteiger partial charge in [0.1, 0.15) is 0 Å². The number of hydrogen-bond donors (Lipinski definition) is 1. The summed E-state index contributed by atoms with van der Waals surface area (Å²) in [6.07, 6.45) is 2.32. The summed E-state index contributed by atoms with van der Waals surface area (Å²) < 4.78 is 5.34. The molecule has 1 aliphatic rings. The number of rotatable bonds is 3. The van der Waals surface area contributed by atoms with E-state index in [9.17, 15) is 0 Å². The Kier molecular flexibility index (Phi) is 5.32. The van der Waals surface area contributed by atoms with Gasteiger partial charge in [-0.15, -0.1) is 0 Å². The fourth-order valence-electron chi connectivity index (χ4n) is 1.76. The molecule has 0 aromatic rings. The maximum absolute atomic E-state index is 5.34. The van der Waals surface area contributed by atoms with Crippen molar-refractivity contribution < 1.29 is 4.74 Å². The van der Waals surface area contributed by atoms with E-state index in [4.69, 9.17) is 17.0 Å². The van der Waals surface area contributed by atoms with E-state index in [1.807, 2.05) is 0 Å². The highest BCUT2D eigenvalue weighted by Crippen LogP contribution is 2.15. The Hall–Kier alpha value is -0.350. The van der Waals surface area contributed by atoms with Crippen LogP contribution in [0.2, 0.25) is 0 Å². The average molecular weight is 230 g/mol. The van der Waals surface area contributed by atoms with Crippen molar-refractivity contribution in [2.24, 2.45) is 5.92 Å². The summed E-state index contributed by atoms with van der Waals surface area (Å²) in [5, 5.41) is 4.12. The van der Waals surface area contributed by atoms with Crippen LogP contribution >= 0.6 is 12.2 Å². The Bertz CT molecular complexity index is 203. The summed E-state index contributed by atoms with van der Waals surface area (Å²) in [6, 6.07) is 0.412. The third-order valence-electron chi connectivity index (χ3n) is 2.63. The molecule has 0 radical (unpaired) electrons. The number of nitrogens with one attached hydrogen (secondary N) is 1. The molecule has 0 aromatic carbocycles. The van der Waals surface area contributed by atoms with Crippen molar-refractivity contribution >= 4 is 17.3 Å². The minimum atomic E-state index is 0.412. The Morgan fingerprint density at radius 2 is 2.07 bits per heavy atom. The molecule has 0 saturated carbocycles. The smallest absolute Gasteiger partial charge is 0.168 e. The van der Waals surface area contributed by atoms with Crippen molar-refractivity contribution in [2.45, 2.75) is 32.7 Å². The van der Waals surface area contributed by atoms with Crippen LogP contribution in [0.4, 0.5) is 0 Å². The van der Waals surface area contributed by atoms with Crippen molar-refractivity contribution in [3.8, 4) is 0 Å². The highest BCUT2D eigenvalue weighted by molar-refractivity contribution is 7.80. The molecule has 4 heteroatoms. The van der Waals surface area contributed by atoms with Gasteiger partial charge in [-0.05, 0) is 44.8 Å². The Morgan fingerprint density at radius 1 is 1.47 bits per heavy atom. The van der Waals surface area contributed by atoms with E-state index in [-0.39, 0.29) is 0 Å². The lowest BCUT2D eigenvalue weighted by atomic mass is 10.0. The molecule has 0 spiro atoms. The molecule has 88 valence electrons. The van der Waals surface area contributed by atoms with Gasteiger partial charge in [-0.2, -0.15) is 0 Å². The molecule has 0 amide bonds. The highest BCUT2D eigenvalue weighted by Gasteiger charge is 2.17. The molecule has 0 unspecified atom stereocenters. The summed E-state index contributed by atoms with van der Waals surface area (Å²) in [5.41, 5.74) is 0. The molecule has 1 saturated heterocycles. The molecule has 1 N–H and O–H groups in total. The van der Waals surface area contributed by atoms with E-state index in [1.54, 1.807) is 0 Å². The summed E-state index contributed by atoms with van der Waals surface area (Å²) in [4.78, 5) is 2.14. The molecule has 1 heterocycles. The summed E-state index contributed by atoms with van der Waals surface area (Å²) >= 11 is 5.30. The standard InChI is InChI=1S/C11H22N2OS/c1-9(2)12-11(15)13(3)8-10-4-6-14-7-5-10/h9-10H,4-8H2,1-3H3,(H,12,15). The summed E-state index contributed by atoms with van der Waals surface area (Å²) in [7, 11) is 2.06. The molecule has 1 aliphatic heterocycles. The van der Waals surface area contributed by atoms with Crippen molar-refractivity contribution in [3.05, 3.63) is 0 Å². The maximum Gasteiger partial charge on any atom is 0.168 e. The predicted octanol–water partition coefficient (Wildman–Crippen LogP) is 1.63. The van der Waals surface area contributed by atoms with Crippen LogP contribution in [0.25, 0.3) is 0 Å². The van der Waals surface area contributed by atoms with Gasteiger partial charge in [0, 0.05) is 32.8 Å². The fourth-order valence-corrected chi connectivity index (χ4v) is 2.07. The average Bonchev–Trinajstić information content (AvgIpc) is 2.18. The minimum absolute atomic E-state index is 0.412. The Balaban J connectivity index is 2.26. The zero-order valence-corrected chi connectivity index (χ0v) is 10.8. The van der Waals surface area contributed by atoms with Gasteiger partial charge in [-0.3, -0.25) is 0 Å². The first kappa shape index (κ1) is 12.7. The molecule has 3 nitrogen and oxygen atoms in total. The lowest BCUT2D eigenvalue weighted by Crippen LogP contribution is -2.43. The second kappa shape index (κ2) is 6.28. The first-order valence-electron chi connectivity index (χ1n) is 5.69. The lowest BCUT2D eigenvalue weighted by molar-refractivity contribution is 0.0611. The van der Waals surface area contributed by atoms with Crippen molar-refractivity contribution in [2.75, 3.05) is 26.8 Å². The van der Waals surface area contributed by atoms with E-state index < -0.39 is 0 Å². The molecule has 1 rings (SSSR count). The first-order valence-corrected chi connectivity index (χ1v) is 6.09. The van der Waals surface area contributed by atoms with E-state index in [2.05, 4.69) is 31.1 Å². The fraction of sp³-hybridized carbons (Fsp3) is 0.909. The summed E-state index contributed by atoms with van der Waals surface area (Å²) in [6.45, 7) is 7.07. The minimum Gasteiger partial charge on any atom is -0.381 e. The highest BCUT2D eigenvalue weighted by atomic mass is 32.1. The molecule has 15 heavy (non-hydrogen) atoms. The van der Waals surface area contributed by atoms with E-state index in [0.29, 0.717) is 6.04 Å². The molecular formula is C11H22N2OS. The van der Waals surface area contributed by atoms with Gasteiger partial charge in [0.2, 0.25) is 0 Å². The zero-order chi connectivity index (χ0) is 11.3. The largest absolute Gasteiger partial charge is 0.381 e. The lowest BCUT2D eigenvalue weighted by Gasteiger charge is -2.29. The Labute approximate surface area is 98.2 Å². The van der Waals surface area contributed by atoms with Crippen LogP contribution in [0.5, 0.6) is 0 Å². The van der Waals surface area contributed by atoms with Crippen LogP contribution in [0.3, 0.4) is 0 Å². The second-order valence-corrected chi connectivity index (χ2v) is 4.93. The quantitative estimate of drug-likeness (QED) is 0.745. The molecule has 1 fully saturated rings. The van der Waals surface area contributed by atoms with Crippen LogP contribution in [0, 0.1) is 5.92 Å². The van der Waals surface area contributed by atoms with Gasteiger partial charge < -0.3 is 15.0 Å². The van der Waals surface area contributed by atoms with Gasteiger partial charge in [-0.1, -0.05) is 0 Å². The molecular weight excluding hydrogens is 208 g/mol. The molecule has 0 atom stereocenters. The van der Waals surface area contributed by atoms with Crippen LogP contribution < -0.4 is 5.32 Å². The monoisotopic (exact) mass is 230 g/mol. The predicted molar refractivity (Wildman–Crippen MR) is 67.0 cm³/mol. The number of ether oxygens (including phenoxy) is 1. The summed E-state index contributed by atoms with van der Waals surface area (Å²) in [5.74, 6) is 0.732. The van der Waals surface area contributed by atoms with E-state index in [0.717, 1.165) is 43.6 Å². The maximum atomic E-state index is 5.34. The molecule has 0 aliphatic carbocycles. The topological polar surface area (TPSA) is 24.5 Å². The van der Waals surface area contributed by atoms with Crippen LogP contribution in [-0.2, 0) is 4.74 Å². The zero-order valence-electron chi connectivity index (χ0n) is 9.95. The van der Waals surface area contributed by atoms with Gasteiger partial charge in [0.15, 0.2) is 5.11 Å². The SMILES string of the molecule is CC(C)NC(=S)N(C)CC1CCOCC1.